The van der Waals surface area contributed by atoms with Crippen molar-refractivity contribution in [3.63, 3.8) is 0 Å². The summed E-state index contributed by atoms with van der Waals surface area (Å²) in [5.41, 5.74) is 2.15. The summed E-state index contributed by atoms with van der Waals surface area (Å²) in [7, 11) is -3.34. The second kappa shape index (κ2) is 6.87. The van der Waals surface area contributed by atoms with Crippen LogP contribution in [-0.2, 0) is 21.2 Å². The van der Waals surface area contributed by atoms with Crippen molar-refractivity contribution in [1.82, 2.24) is 5.32 Å². The summed E-state index contributed by atoms with van der Waals surface area (Å²) in [5.74, 6) is -0.413. The predicted octanol–water partition coefficient (Wildman–Crippen LogP) is 2.54. The molecule has 1 amide bonds. The maximum absolute atomic E-state index is 11.9. The van der Waals surface area contributed by atoms with Gasteiger partial charge < -0.3 is 5.32 Å². The molecule has 112 valence electrons. The molecule has 0 bridgehead atoms. The number of benzene rings is 1. The van der Waals surface area contributed by atoms with Gasteiger partial charge in [-0.25, -0.2) is 8.42 Å². The molecule has 1 N–H and O–H groups in total. The highest BCUT2D eigenvalue weighted by molar-refractivity contribution is 7.93. The van der Waals surface area contributed by atoms with Crippen LogP contribution in [0.25, 0.3) is 0 Å². The maximum Gasteiger partial charge on any atom is 0.221 e. The summed E-state index contributed by atoms with van der Waals surface area (Å²) < 4.78 is 24.2. The molecule has 0 atom stereocenters. The normalized spacial score (nSPS) is 11.3. The Hall–Kier alpha value is -1.66. The Morgan fingerprint density at radius 2 is 1.90 bits per heavy atom. The number of carbonyl (C=O) groups is 1. The first-order valence-electron chi connectivity index (χ1n) is 6.56. The smallest absolute Gasteiger partial charge is 0.221 e. The van der Waals surface area contributed by atoms with Gasteiger partial charge >= 0.3 is 0 Å². The molecule has 2 rings (SSSR count). The van der Waals surface area contributed by atoms with E-state index in [4.69, 9.17) is 0 Å². The largest absolute Gasteiger partial charge is 0.352 e. The van der Waals surface area contributed by atoms with E-state index in [-0.39, 0.29) is 18.1 Å². The molecule has 0 saturated carbocycles. The topological polar surface area (TPSA) is 63.2 Å². The first-order valence-corrected chi connectivity index (χ1v) is 9.09. The molecule has 0 radical (unpaired) electrons. The zero-order chi connectivity index (χ0) is 15.3. The van der Waals surface area contributed by atoms with E-state index in [2.05, 4.69) is 5.32 Å². The number of hydrogen-bond donors (Lipinski definition) is 1. The van der Waals surface area contributed by atoms with Crippen LogP contribution in [0.15, 0.2) is 46.0 Å². The third-order valence-electron chi connectivity index (χ3n) is 3.01. The van der Waals surface area contributed by atoms with Gasteiger partial charge in [0, 0.05) is 13.0 Å². The zero-order valence-corrected chi connectivity index (χ0v) is 13.3. The Labute approximate surface area is 128 Å². The van der Waals surface area contributed by atoms with Crippen molar-refractivity contribution in [3.8, 4) is 0 Å². The number of carbonyl (C=O) groups excluding carboxylic acids is 1. The second-order valence-electron chi connectivity index (χ2n) is 4.76. The molecule has 0 saturated heterocycles. The van der Waals surface area contributed by atoms with E-state index in [1.807, 2.05) is 31.2 Å². The monoisotopic (exact) mass is 323 g/mol. The molecule has 4 nitrogen and oxygen atoms in total. The van der Waals surface area contributed by atoms with Crippen molar-refractivity contribution >= 4 is 27.1 Å². The number of hydrogen-bond acceptors (Lipinski definition) is 4. The molecule has 0 fully saturated rings. The van der Waals surface area contributed by atoms with E-state index < -0.39 is 9.84 Å². The fourth-order valence-electron chi connectivity index (χ4n) is 1.76. The zero-order valence-electron chi connectivity index (χ0n) is 11.7. The van der Waals surface area contributed by atoms with Gasteiger partial charge in [0.05, 0.1) is 5.75 Å². The predicted molar refractivity (Wildman–Crippen MR) is 84.0 cm³/mol. The summed E-state index contributed by atoms with van der Waals surface area (Å²) in [4.78, 5) is 11.7. The number of thiophene rings is 1. The quantitative estimate of drug-likeness (QED) is 0.888. The number of aryl methyl sites for hydroxylation is 1. The molecule has 2 aromatic rings. The SMILES string of the molecule is Cc1ccc(CNC(=O)CCS(=O)(=O)c2cccs2)cc1. The Kier molecular flexibility index (Phi) is 5.14. The van der Waals surface area contributed by atoms with Crippen molar-refractivity contribution in [3.05, 3.63) is 52.9 Å². The Morgan fingerprint density at radius 3 is 2.52 bits per heavy atom. The molecule has 0 aliphatic heterocycles. The molecular weight excluding hydrogens is 306 g/mol. The van der Waals surface area contributed by atoms with Crippen LogP contribution in [0.5, 0.6) is 0 Å². The van der Waals surface area contributed by atoms with Crippen LogP contribution >= 0.6 is 11.3 Å². The van der Waals surface area contributed by atoms with Crippen LogP contribution in [-0.4, -0.2) is 20.1 Å². The van der Waals surface area contributed by atoms with Gasteiger partial charge in [0.2, 0.25) is 5.91 Å². The summed E-state index contributed by atoms with van der Waals surface area (Å²) in [6.07, 6.45) is -0.0217. The minimum Gasteiger partial charge on any atom is -0.352 e. The van der Waals surface area contributed by atoms with Crippen LogP contribution in [0.2, 0.25) is 0 Å². The van der Waals surface area contributed by atoms with E-state index >= 15 is 0 Å². The molecular formula is C15H17NO3S2. The first kappa shape index (κ1) is 15.7. The van der Waals surface area contributed by atoms with E-state index in [1.165, 1.54) is 11.3 Å². The Morgan fingerprint density at radius 1 is 1.19 bits per heavy atom. The maximum atomic E-state index is 11.9. The average Bonchev–Trinajstić information content (AvgIpc) is 3.00. The lowest BCUT2D eigenvalue weighted by Gasteiger charge is -2.06. The molecule has 21 heavy (non-hydrogen) atoms. The van der Waals surface area contributed by atoms with Crippen LogP contribution in [0.4, 0.5) is 0 Å². The first-order chi connectivity index (χ1) is 9.97. The number of nitrogens with one attached hydrogen (secondary N) is 1. The number of rotatable bonds is 6. The minimum atomic E-state index is -3.34. The van der Waals surface area contributed by atoms with Crippen molar-refractivity contribution in [2.75, 3.05) is 5.75 Å². The minimum absolute atomic E-state index is 0.0217. The van der Waals surface area contributed by atoms with Crippen LogP contribution in [0.3, 0.4) is 0 Å². The summed E-state index contributed by atoms with van der Waals surface area (Å²) >= 11 is 1.17. The summed E-state index contributed by atoms with van der Waals surface area (Å²) in [5, 5.41) is 4.45. The fourth-order valence-corrected chi connectivity index (χ4v) is 4.16. The Balaban J connectivity index is 1.81. The lowest BCUT2D eigenvalue weighted by atomic mass is 10.1. The van der Waals surface area contributed by atoms with Gasteiger partial charge in [-0.2, -0.15) is 0 Å². The highest BCUT2D eigenvalue weighted by Gasteiger charge is 2.17. The van der Waals surface area contributed by atoms with Crippen molar-refractivity contribution in [1.29, 1.82) is 0 Å². The van der Waals surface area contributed by atoms with E-state index in [9.17, 15) is 13.2 Å². The van der Waals surface area contributed by atoms with Crippen molar-refractivity contribution in [2.24, 2.45) is 0 Å². The number of sulfone groups is 1. The van der Waals surface area contributed by atoms with E-state index in [0.29, 0.717) is 10.8 Å². The van der Waals surface area contributed by atoms with Crippen LogP contribution in [0, 0.1) is 6.92 Å². The molecule has 6 heteroatoms. The molecule has 1 aromatic heterocycles. The summed E-state index contributed by atoms with van der Waals surface area (Å²) in [6, 6.07) is 11.1. The molecule has 1 aromatic carbocycles. The van der Waals surface area contributed by atoms with Gasteiger partial charge in [-0.3, -0.25) is 4.79 Å². The highest BCUT2D eigenvalue weighted by Crippen LogP contribution is 2.17. The number of amides is 1. The van der Waals surface area contributed by atoms with Gasteiger partial charge in [-0.15, -0.1) is 11.3 Å². The average molecular weight is 323 g/mol. The van der Waals surface area contributed by atoms with Crippen molar-refractivity contribution in [2.45, 2.75) is 24.1 Å². The summed E-state index contributed by atoms with van der Waals surface area (Å²) in [6.45, 7) is 2.41. The standard InChI is InChI=1S/C15H17NO3S2/c1-12-4-6-13(7-5-12)11-16-14(17)8-10-21(18,19)15-3-2-9-20-15/h2-7,9H,8,10-11H2,1H3,(H,16,17). The van der Waals surface area contributed by atoms with Gasteiger partial charge in [-0.1, -0.05) is 35.9 Å². The third kappa shape index (κ3) is 4.68. The van der Waals surface area contributed by atoms with E-state index in [0.717, 1.165) is 11.1 Å². The van der Waals surface area contributed by atoms with Crippen molar-refractivity contribution < 1.29 is 13.2 Å². The Bertz CT molecular complexity index is 689. The van der Waals surface area contributed by atoms with E-state index in [1.54, 1.807) is 17.5 Å². The molecule has 0 unspecified atom stereocenters. The van der Waals surface area contributed by atoms with Crippen LogP contribution in [0.1, 0.15) is 17.5 Å². The van der Waals surface area contributed by atoms with Gasteiger partial charge in [0.25, 0.3) is 0 Å². The lowest BCUT2D eigenvalue weighted by molar-refractivity contribution is -0.120. The molecule has 0 aliphatic carbocycles. The van der Waals surface area contributed by atoms with Gasteiger partial charge in [0.15, 0.2) is 9.84 Å². The van der Waals surface area contributed by atoms with Gasteiger partial charge in [-0.05, 0) is 23.9 Å². The third-order valence-corrected chi connectivity index (χ3v) is 6.21. The van der Waals surface area contributed by atoms with Crippen LogP contribution < -0.4 is 5.32 Å². The fraction of sp³-hybridized carbons (Fsp3) is 0.267. The van der Waals surface area contributed by atoms with Gasteiger partial charge in [0.1, 0.15) is 4.21 Å². The molecule has 0 aliphatic rings. The lowest BCUT2D eigenvalue weighted by Crippen LogP contribution is -2.25. The highest BCUT2D eigenvalue weighted by atomic mass is 32.2. The molecule has 1 heterocycles. The second-order valence-corrected chi connectivity index (χ2v) is 8.05. The molecule has 0 spiro atoms.